The Morgan fingerprint density at radius 1 is 1.00 bits per heavy atom. The van der Waals surface area contributed by atoms with E-state index in [9.17, 15) is 9.59 Å². The van der Waals surface area contributed by atoms with Crippen molar-refractivity contribution in [1.82, 2.24) is 15.5 Å². The number of piperidine rings is 1. The highest BCUT2D eigenvalue weighted by Gasteiger charge is 2.25. The zero-order chi connectivity index (χ0) is 20.6. The van der Waals surface area contributed by atoms with E-state index in [1.165, 1.54) is 19.3 Å². The van der Waals surface area contributed by atoms with Gasteiger partial charge in [0.1, 0.15) is 10.8 Å². The summed E-state index contributed by atoms with van der Waals surface area (Å²) >= 11 is 12.0. The molecule has 1 aromatic carbocycles. The highest BCUT2D eigenvalue weighted by atomic mass is 35.5. The van der Waals surface area contributed by atoms with Crippen LogP contribution >= 0.6 is 23.2 Å². The maximum atomic E-state index is 12.4. The summed E-state index contributed by atoms with van der Waals surface area (Å²) in [7, 11) is 0. The molecule has 0 spiro atoms. The lowest BCUT2D eigenvalue weighted by atomic mass is 9.95. The van der Waals surface area contributed by atoms with Crippen LogP contribution in [0.15, 0.2) is 18.2 Å². The molecule has 0 unspecified atom stereocenters. The molecular formula is C21H29Cl2N3O3. The minimum atomic E-state index is -0.0618. The van der Waals surface area contributed by atoms with E-state index in [2.05, 4.69) is 10.6 Å². The van der Waals surface area contributed by atoms with E-state index in [0.717, 1.165) is 25.7 Å². The van der Waals surface area contributed by atoms with Crippen LogP contribution in [0, 0.1) is 0 Å². The standard InChI is InChI=1S/C21H29Cl2N3O3/c22-17-7-4-8-18(20(17)23)29-14-11-19(27)24-16-9-12-26(13-10-16)21(28)25-15-5-2-1-3-6-15/h4,7-8,15-16H,1-3,5-6,9-14H2,(H,24,27)(H,25,28). The summed E-state index contributed by atoms with van der Waals surface area (Å²) in [5.74, 6) is 0.414. The first-order chi connectivity index (χ1) is 14.0. The second-order valence-corrected chi connectivity index (χ2v) is 8.55. The van der Waals surface area contributed by atoms with Gasteiger partial charge in [0.2, 0.25) is 5.91 Å². The van der Waals surface area contributed by atoms with E-state index in [-0.39, 0.29) is 31.0 Å². The number of hydrogen-bond donors (Lipinski definition) is 2. The molecule has 1 heterocycles. The summed E-state index contributed by atoms with van der Waals surface area (Å²) in [5.41, 5.74) is 0. The van der Waals surface area contributed by atoms with Gasteiger partial charge in [0.15, 0.2) is 0 Å². The Morgan fingerprint density at radius 2 is 1.69 bits per heavy atom. The molecule has 1 aliphatic heterocycles. The lowest BCUT2D eigenvalue weighted by molar-refractivity contribution is -0.122. The van der Waals surface area contributed by atoms with Gasteiger partial charge in [0, 0.05) is 25.2 Å². The van der Waals surface area contributed by atoms with E-state index < -0.39 is 0 Å². The van der Waals surface area contributed by atoms with Gasteiger partial charge in [-0.15, -0.1) is 0 Å². The van der Waals surface area contributed by atoms with Crippen molar-refractivity contribution in [2.24, 2.45) is 0 Å². The van der Waals surface area contributed by atoms with E-state index >= 15 is 0 Å². The van der Waals surface area contributed by atoms with Crippen molar-refractivity contribution in [3.8, 4) is 5.75 Å². The Morgan fingerprint density at radius 3 is 2.41 bits per heavy atom. The third-order valence-corrected chi connectivity index (χ3v) is 6.38. The molecule has 160 valence electrons. The average Bonchev–Trinajstić information content (AvgIpc) is 2.72. The quantitative estimate of drug-likeness (QED) is 0.687. The summed E-state index contributed by atoms with van der Waals surface area (Å²) in [4.78, 5) is 26.5. The summed E-state index contributed by atoms with van der Waals surface area (Å²) in [6.07, 6.45) is 7.62. The topological polar surface area (TPSA) is 70.7 Å². The van der Waals surface area contributed by atoms with Crippen LogP contribution in [0.3, 0.4) is 0 Å². The van der Waals surface area contributed by atoms with Crippen molar-refractivity contribution in [1.29, 1.82) is 0 Å². The van der Waals surface area contributed by atoms with Crippen LogP contribution in [0.4, 0.5) is 4.79 Å². The van der Waals surface area contributed by atoms with Gasteiger partial charge in [-0.1, -0.05) is 48.5 Å². The molecule has 2 aliphatic rings. The zero-order valence-corrected chi connectivity index (χ0v) is 18.1. The fraction of sp³-hybridized carbons (Fsp3) is 0.619. The molecule has 0 radical (unpaired) electrons. The van der Waals surface area contributed by atoms with Crippen LogP contribution in [0.5, 0.6) is 5.75 Å². The van der Waals surface area contributed by atoms with Crippen LogP contribution in [0.25, 0.3) is 0 Å². The molecule has 0 aromatic heterocycles. The van der Waals surface area contributed by atoms with Crippen molar-refractivity contribution in [3.63, 3.8) is 0 Å². The Hall–Kier alpha value is -1.66. The average molecular weight is 442 g/mol. The molecule has 3 amide bonds. The predicted octanol–water partition coefficient (Wildman–Crippen LogP) is 4.39. The predicted molar refractivity (Wildman–Crippen MR) is 115 cm³/mol. The zero-order valence-electron chi connectivity index (χ0n) is 16.6. The number of nitrogens with one attached hydrogen (secondary N) is 2. The van der Waals surface area contributed by atoms with Crippen molar-refractivity contribution < 1.29 is 14.3 Å². The minimum Gasteiger partial charge on any atom is -0.491 e. The number of likely N-dealkylation sites (tertiary alicyclic amines) is 1. The third-order valence-electron chi connectivity index (χ3n) is 5.58. The molecule has 8 heteroatoms. The summed E-state index contributed by atoms with van der Waals surface area (Å²) in [6.45, 7) is 1.56. The molecule has 1 saturated heterocycles. The van der Waals surface area contributed by atoms with Crippen LogP contribution in [0.2, 0.25) is 10.0 Å². The smallest absolute Gasteiger partial charge is 0.317 e. The lowest BCUT2D eigenvalue weighted by Crippen LogP contribution is -2.51. The Balaban J connectivity index is 1.33. The number of rotatable bonds is 6. The van der Waals surface area contributed by atoms with Crippen molar-refractivity contribution >= 4 is 35.1 Å². The number of carbonyl (C=O) groups is 2. The number of hydrogen-bond acceptors (Lipinski definition) is 3. The highest BCUT2D eigenvalue weighted by Crippen LogP contribution is 2.31. The number of amides is 3. The van der Waals surface area contributed by atoms with Gasteiger partial charge in [-0.2, -0.15) is 0 Å². The third kappa shape index (κ3) is 6.68. The Kier molecular flexibility index (Phi) is 8.30. The van der Waals surface area contributed by atoms with Gasteiger partial charge >= 0.3 is 6.03 Å². The van der Waals surface area contributed by atoms with Gasteiger partial charge in [-0.25, -0.2) is 4.79 Å². The lowest BCUT2D eigenvalue weighted by Gasteiger charge is -2.34. The molecule has 0 atom stereocenters. The highest BCUT2D eigenvalue weighted by molar-refractivity contribution is 6.42. The normalized spacial score (nSPS) is 18.3. The van der Waals surface area contributed by atoms with Gasteiger partial charge < -0.3 is 20.3 Å². The molecule has 1 aromatic rings. The fourth-order valence-corrected chi connectivity index (χ4v) is 4.24. The van der Waals surface area contributed by atoms with Crippen molar-refractivity contribution in [2.75, 3.05) is 19.7 Å². The second kappa shape index (κ2) is 10.9. The molecule has 1 saturated carbocycles. The van der Waals surface area contributed by atoms with Crippen molar-refractivity contribution in [2.45, 2.75) is 63.5 Å². The Bertz CT molecular complexity index is 702. The molecular weight excluding hydrogens is 413 g/mol. The monoisotopic (exact) mass is 441 g/mol. The molecule has 2 fully saturated rings. The molecule has 29 heavy (non-hydrogen) atoms. The number of urea groups is 1. The largest absolute Gasteiger partial charge is 0.491 e. The van der Waals surface area contributed by atoms with E-state index in [4.69, 9.17) is 27.9 Å². The number of halogens is 2. The van der Waals surface area contributed by atoms with Crippen LogP contribution in [0.1, 0.15) is 51.4 Å². The van der Waals surface area contributed by atoms with Crippen LogP contribution in [-0.2, 0) is 4.79 Å². The SMILES string of the molecule is O=C(CCOc1cccc(Cl)c1Cl)NC1CCN(C(=O)NC2CCCCC2)CC1. The van der Waals surface area contributed by atoms with Gasteiger partial charge in [0.25, 0.3) is 0 Å². The fourth-order valence-electron chi connectivity index (χ4n) is 3.89. The number of nitrogens with zero attached hydrogens (tertiary/aromatic N) is 1. The second-order valence-electron chi connectivity index (χ2n) is 7.76. The van der Waals surface area contributed by atoms with E-state index in [1.54, 1.807) is 18.2 Å². The van der Waals surface area contributed by atoms with Gasteiger partial charge in [-0.3, -0.25) is 4.79 Å². The molecule has 6 nitrogen and oxygen atoms in total. The van der Waals surface area contributed by atoms with Gasteiger partial charge in [0.05, 0.1) is 18.1 Å². The molecule has 0 bridgehead atoms. The first-order valence-corrected chi connectivity index (χ1v) is 11.2. The first kappa shape index (κ1) is 22.0. The summed E-state index contributed by atoms with van der Waals surface area (Å²) in [5, 5.41) is 6.97. The van der Waals surface area contributed by atoms with E-state index in [1.807, 2.05) is 4.90 Å². The maximum absolute atomic E-state index is 12.4. The number of carbonyl (C=O) groups excluding carboxylic acids is 2. The molecule has 3 rings (SSSR count). The maximum Gasteiger partial charge on any atom is 0.317 e. The van der Waals surface area contributed by atoms with Crippen LogP contribution < -0.4 is 15.4 Å². The number of ether oxygens (including phenoxy) is 1. The van der Waals surface area contributed by atoms with Crippen molar-refractivity contribution in [3.05, 3.63) is 28.2 Å². The van der Waals surface area contributed by atoms with Gasteiger partial charge in [-0.05, 0) is 37.8 Å². The minimum absolute atomic E-state index is 0.0356. The summed E-state index contributed by atoms with van der Waals surface area (Å²) in [6, 6.07) is 5.61. The molecule has 2 N–H and O–H groups in total. The number of benzene rings is 1. The molecule has 1 aliphatic carbocycles. The first-order valence-electron chi connectivity index (χ1n) is 10.4. The summed E-state index contributed by atoms with van der Waals surface area (Å²) < 4.78 is 5.56. The Labute approximate surface area is 182 Å². The van der Waals surface area contributed by atoms with Crippen LogP contribution in [-0.4, -0.2) is 48.6 Å². The van der Waals surface area contributed by atoms with E-state index in [0.29, 0.717) is 34.9 Å².